The Hall–Kier alpha value is -3.06. The highest BCUT2D eigenvalue weighted by molar-refractivity contribution is 5.92. The van der Waals surface area contributed by atoms with E-state index in [1.807, 2.05) is 4.90 Å². The Morgan fingerprint density at radius 1 is 1.39 bits per heavy atom. The zero-order valence-corrected chi connectivity index (χ0v) is 16.9. The number of aryl methyl sites for hydroxylation is 1. The van der Waals surface area contributed by atoms with Crippen LogP contribution in [0.25, 0.3) is 0 Å². The van der Waals surface area contributed by atoms with Crippen LogP contribution in [0.5, 0.6) is 0 Å². The fourth-order valence-corrected chi connectivity index (χ4v) is 4.67. The van der Waals surface area contributed by atoms with E-state index in [2.05, 4.69) is 10.2 Å². The summed E-state index contributed by atoms with van der Waals surface area (Å²) in [6.07, 6.45) is -4.09. The van der Waals surface area contributed by atoms with Crippen LogP contribution in [0, 0.1) is 29.6 Å². The van der Waals surface area contributed by atoms with Crippen LogP contribution in [0.1, 0.15) is 33.7 Å². The molecule has 2 aliphatic heterocycles. The molecule has 3 heterocycles. The SMILES string of the molecule is Cc1cc(C(=O)N2CC[C@@]3(CO)CN(c4ccc(C#N)c(C(F)(F)F)c4)C[C@H]3C2)n[nH]1. The van der Waals surface area contributed by atoms with Crippen LogP contribution in [0.4, 0.5) is 18.9 Å². The Kier molecular flexibility index (Phi) is 5.17. The summed E-state index contributed by atoms with van der Waals surface area (Å²) in [7, 11) is 0. The molecule has 1 amide bonds. The Morgan fingerprint density at radius 2 is 2.16 bits per heavy atom. The molecule has 10 heteroatoms. The number of aromatic amines is 1. The average molecular weight is 433 g/mol. The molecule has 0 aliphatic carbocycles. The number of aromatic nitrogens is 2. The van der Waals surface area contributed by atoms with Crippen LogP contribution < -0.4 is 4.90 Å². The number of hydrogen-bond acceptors (Lipinski definition) is 5. The lowest BCUT2D eigenvalue weighted by molar-refractivity contribution is -0.137. The zero-order chi connectivity index (χ0) is 22.4. The van der Waals surface area contributed by atoms with Gasteiger partial charge in [0.2, 0.25) is 0 Å². The molecule has 0 unspecified atom stereocenters. The van der Waals surface area contributed by atoms with Crippen LogP contribution >= 0.6 is 0 Å². The summed E-state index contributed by atoms with van der Waals surface area (Å²) in [5.41, 5.74) is -0.426. The number of carbonyl (C=O) groups excluding carboxylic acids is 1. The van der Waals surface area contributed by atoms with Crippen LogP contribution in [0.2, 0.25) is 0 Å². The minimum absolute atomic E-state index is 0.0970. The zero-order valence-electron chi connectivity index (χ0n) is 16.9. The van der Waals surface area contributed by atoms with E-state index in [1.165, 1.54) is 12.1 Å². The molecule has 0 bridgehead atoms. The number of aliphatic hydroxyl groups excluding tert-OH is 1. The molecular formula is C21H22F3N5O2. The normalized spacial score (nSPS) is 23.5. The highest BCUT2D eigenvalue weighted by Gasteiger charge is 2.50. The number of nitrogens with zero attached hydrogens (tertiary/aromatic N) is 4. The number of halogens is 3. The topological polar surface area (TPSA) is 96.2 Å². The molecule has 0 radical (unpaired) electrons. The van der Waals surface area contributed by atoms with Crippen molar-refractivity contribution < 1.29 is 23.1 Å². The summed E-state index contributed by atoms with van der Waals surface area (Å²) in [6, 6.07) is 6.95. The van der Waals surface area contributed by atoms with Crippen molar-refractivity contribution in [3.8, 4) is 6.07 Å². The van der Waals surface area contributed by atoms with Gasteiger partial charge in [0, 0.05) is 48.9 Å². The number of rotatable bonds is 3. The fourth-order valence-electron chi connectivity index (χ4n) is 4.67. The van der Waals surface area contributed by atoms with Gasteiger partial charge in [-0.25, -0.2) is 0 Å². The number of nitrogens with one attached hydrogen (secondary N) is 1. The number of anilines is 1. The van der Waals surface area contributed by atoms with Crippen LogP contribution in [-0.2, 0) is 6.18 Å². The first-order valence-corrected chi connectivity index (χ1v) is 9.95. The molecule has 2 atom stereocenters. The van der Waals surface area contributed by atoms with Crippen molar-refractivity contribution >= 4 is 11.6 Å². The Labute approximate surface area is 177 Å². The molecule has 1 aromatic carbocycles. The lowest BCUT2D eigenvalue weighted by Gasteiger charge is -2.42. The number of aliphatic hydroxyl groups is 1. The number of benzene rings is 1. The summed E-state index contributed by atoms with van der Waals surface area (Å²) in [5, 5.41) is 25.9. The van der Waals surface area contributed by atoms with Gasteiger partial charge < -0.3 is 14.9 Å². The van der Waals surface area contributed by atoms with E-state index in [9.17, 15) is 23.1 Å². The van der Waals surface area contributed by atoms with Gasteiger partial charge in [-0.3, -0.25) is 9.89 Å². The van der Waals surface area contributed by atoms with Crippen molar-refractivity contribution in [1.82, 2.24) is 15.1 Å². The van der Waals surface area contributed by atoms with Crippen LogP contribution in [0.15, 0.2) is 24.3 Å². The predicted molar refractivity (Wildman–Crippen MR) is 105 cm³/mol. The van der Waals surface area contributed by atoms with E-state index >= 15 is 0 Å². The summed E-state index contributed by atoms with van der Waals surface area (Å²) >= 11 is 0. The molecule has 7 nitrogen and oxygen atoms in total. The smallest absolute Gasteiger partial charge is 0.396 e. The molecule has 2 N–H and O–H groups in total. The third-order valence-corrected chi connectivity index (χ3v) is 6.45. The standard InChI is InChI=1S/C21H22F3N5O2/c1-13-6-18(27-26-13)19(31)28-5-4-20(12-30)11-29(10-15(20)9-28)16-3-2-14(8-25)17(7-16)21(22,23)24/h2-3,6-7,15,30H,4-5,9-12H2,1H3,(H,26,27)/t15-,20+/m1/s1. The van der Waals surface area contributed by atoms with Crippen molar-refractivity contribution in [2.24, 2.45) is 11.3 Å². The maximum Gasteiger partial charge on any atom is 0.417 e. The molecule has 2 aliphatic rings. The molecule has 0 saturated carbocycles. The summed E-state index contributed by atoms with van der Waals surface area (Å²) in [5.74, 6) is -0.299. The van der Waals surface area contributed by atoms with Gasteiger partial charge in [-0.2, -0.15) is 23.5 Å². The number of hydrogen-bond donors (Lipinski definition) is 2. The number of alkyl halides is 3. The molecule has 164 valence electrons. The number of nitriles is 1. The summed E-state index contributed by atoms with van der Waals surface area (Å²) < 4.78 is 40.1. The maximum absolute atomic E-state index is 13.4. The molecule has 4 rings (SSSR count). The van der Waals surface area contributed by atoms with E-state index in [0.717, 1.165) is 11.8 Å². The van der Waals surface area contributed by atoms with E-state index in [1.54, 1.807) is 24.0 Å². The van der Waals surface area contributed by atoms with E-state index < -0.39 is 22.7 Å². The number of piperidine rings is 1. The molecule has 2 saturated heterocycles. The molecule has 2 aromatic rings. The average Bonchev–Trinajstić information content (AvgIpc) is 3.35. The maximum atomic E-state index is 13.4. The largest absolute Gasteiger partial charge is 0.417 e. The highest BCUT2D eigenvalue weighted by Crippen LogP contribution is 2.45. The van der Waals surface area contributed by atoms with Gasteiger partial charge in [0.15, 0.2) is 0 Å². The van der Waals surface area contributed by atoms with Gasteiger partial charge in [0.1, 0.15) is 5.69 Å². The Morgan fingerprint density at radius 3 is 2.77 bits per heavy atom. The van der Waals surface area contributed by atoms with Gasteiger partial charge in [0.05, 0.1) is 23.8 Å². The first-order chi connectivity index (χ1) is 14.7. The van der Waals surface area contributed by atoms with Gasteiger partial charge in [0.25, 0.3) is 5.91 Å². The van der Waals surface area contributed by atoms with Crippen molar-refractivity contribution in [2.75, 3.05) is 37.7 Å². The molecule has 2 fully saturated rings. The lowest BCUT2D eigenvalue weighted by Crippen LogP contribution is -2.50. The van der Waals surface area contributed by atoms with Crippen LogP contribution in [-0.4, -0.2) is 58.9 Å². The fraction of sp³-hybridized carbons (Fsp3) is 0.476. The van der Waals surface area contributed by atoms with Gasteiger partial charge in [-0.15, -0.1) is 0 Å². The van der Waals surface area contributed by atoms with E-state index in [4.69, 9.17) is 5.26 Å². The lowest BCUT2D eigenvalue weighted by atomic mass is 9.73. The number of H-pyrrole nitrogens is 1. The van der Waals surface area contributed by atoms with Gasteiger partial charge in [-0.05, 0) is 37.6 Å². The molecule has 1 aromatic heterocycles. The van der Waals surface area contributed by atoms with Crippen molar-refractivity contribution in [3.05, 3.63) is 46.8 Å². The van der Waals surface area contributed by atoms with Crippen molar-refractivity contribution in [1.29, 1.82) is 5.26 Å². The second-order valence-electron chi connectivity index (χ2n) is 8.37. The third-order valence-electron chi connectivity index (χ3n) is 6.45. The monoisotopic (exact) mass is 433 g/mol. The number of likely N-dealkylation sites (tertiary alicyclic amines) is 1. The minimum atomic E-state index is -4.63. The third kappa shape index (κ3) is 3.74. The van der Waals surface area contributed by atoms with Crippen molar-refractivity contribution in [3.63, 3.8) is 0 Å². The van der Waals surface area contributed by atoms with E-state index in [0.29, 0.717) is 44.0 Å². The second kappa shape index (κ2) is 7.57. The molecule has 31 heavy (non-hydrogen) atoms. The Bertz CT molecular complexity index is 1040. The van der Waals surface area contributed by atoms with E-state index in [-0.39, 0.29) is 18.4 Å². The van der Waals surface area contributed by atoms with Gasteiger partial charge in [-0.1, -0.05) is 0 Å². The number of fused-ring (bicyclic) bond motifs is 1. The van der Waals surface area contributed by atoms with Crippen molar-refractivity contribution in [2.45, 2.75) is 19.5 Å². The van der Waals surface area contributed by atoms with Gasteiger partial charge >= 0.3 is 6.18 Å². The van der Waals surface area contributed by atoms with Crippen LogP contribution in [0.3, 0.4) is 0 Å². The number of amides is 1. The molecule has 0 spiro atoms. The first kappa shape index (κ1) is 21.2. The number of carbonyl (C=O) groups is 1. The Balaban J connectivity index is 1.57. The second-order valence-corrected chi connectivity index (χ2v) is 8.37. The quantitative estimate of drug-likeness (QED) is 0.776. The molecular weight excluding hydrogens is 411 g/mol. The first-order valence-electron chi connectivity index (χ1n) is 9.95. The summed E-state index contributed by atoms with van der Waals surface area (Å²) in [4.78, 5) is 16.3. The highest BCUT2D eigenvalue weighted by atomic mass is 19.4. The minimum Gasteiger partial charge on any atom is -0.396 e. The predicted octanol–water partition coefficient (Wildman–Crippen LogP) is 2.57. The summed E-state index contributed by atoms with van der Waals surface area (Å²) in [6.45, 7) is 3.33.